The van der Waals surface area contributed by atoms with Crippen molar-refractivity contribution in [3.8, 4) is 6.07 Å². The van der Waals surface area contributed by atoms with Gasteiger partial charge in [-0.25, -0.2) is 14.9 Å². The molecule has 0 spiro atoms. The average Bonchev–Trinajstić information content (AvgIpc) is 2.37. The van der Waals surface area contributed by atoms with Gasteiger partial charge in [-0.2, -0.15) is 5.26 Å². The van der Waals surface area contributed by atoms with Gasteiger partial charge in [0.15, 0.2) is 11.5 Å². The van der Waals surface area contributed by atoms with Gasteiger partial charge in [0.1, 0.15) is 6.07 Å². The highest BCUT2D eigenvalue weighted by atomic mass is 16.2. The lowest BCUT2D eigenvalue weighted by atomic mass is 10.2. The van der Waals surface area contributed by atoms with Gasteiger partial charge in [0.2, 0.25) is 11.8 Å². The molecule has 2 rings (SSSR count). The highest BCUT2D eigenvalue weighted by Gasteiger charge is 2.22. The lowest BCUT2D eigenvalue weighted by Crippen LogP contribution is -2.34. The summed E-state index contributed by atoms with van der Waals surface area (Å²) in [7, 11) is 0. The lowest BCUT2D eigenvalue weighted by Gasteiger charge is -2.17. The quantitative estimate of drug-likeness (QED) is 0.767. The summed E-state index contributed by atoms with van der Waals surface area (Å²) < 4.78 is 0. The summed E-state index contributed by atoms with van der Waals surface area (Å²) in [5.41, 5.74) is 0.537. The van der Waals surface area contributed by atoms with Crippen LogP contribution in [0.15, 0.2) is 24.4 Å². The van der Waals surface area contributed by atoms with Crippen molar-refractivity contribution in [2.75, 3.05) is 4.90 Å². The number of anilines is 1. The van der Waals surface area contributed by atoms with Crippen molar-refractivity contribution in [2.45, 2.75) is 13.8 Å². The maximum Gasteiger partial charge on any atom is 0.231 e. The number of hydrogen-bond acceptors (Lipinski definition) is 5. The molecular formula is C13H10N4O2. The first-order chi connectivity index (χ1) is 9.04. The minimum absolute atomic E-state index is 0.0219. The van der Waals surface area contributed by atoms with Crippen LogP contribution in [0.4, 0.5) is 5.82 Å². The van der Waals surface area contributed by atoms with Gasteiger partial charge in [0, 0.05) is 25.4 Å². The molecule has 2 aromatic rings. The Kier molecular flexibility index (Phi) is 3.21. The number of imide groups is 1. The number of pyridine rings is 2. The summed E-state index contributed by atoms with van der Waals surface area (Å²) in [5, 5.41) is 9.81. The first-order valence-electron chi connectivity index (χ1n) is 5.51. The zero-order chi connectivity index (χ0) is 14.0. The molecular weight excluding hydrogens is 244 g/mol. The summed E-state index contributed by atoms with van der Waals surface area (Å²) in [4.78, 5) is 32.1. The molecule has 0 bridgehead atoms. The van der Waals surface area contributed by atoms with E-state index < -0.39 is 11.8 Å². The average molecular weight is 254 g/mol. The number of nitrogens with zero attached hydrogens (tertiary/aromatic N) is 4. The Bertz CT molecular complexity index is 704. The van der Waals surface area contributed by atoms with Crippen LogP contribution in [0, 0.1) is 11.3 Å². The van der Waals surface area contributed by atoms with Crippen molar-refractivity contribution in [3.05, 3.63) is 30.0 Å². The fourth-order valence-electron chi connectivity index (χ4n) is 1.77. The summed E-state index contributed by atoms with van der Waals surface area (Å²) >= 11 is 0. The third-order valence-corrected chi connectivity index (χ3v) is 2.53. The Labute approximate surface area is 109 Å². The van der Waals surface area contributed by atoms with Crippen molar-refractivity contribution in [1.82, 2.24) is 9.97 Å². The molecule has 0 atom stereocenters. The second-order valence-corrected chi connectivity index (χ2v) is 3.89. The zero-order valence-corrected chi connectivity index (χ0v) is 10.4. The van der Waals surface area contributed by atoms with Gasteiger partial charge in [-0.15, -0.1) is 0 Å². The molecule has 0 aliphatic heterocycles. The van der Waals surface area contributed by atoms with Crippen LogP contribution in [0.3, 0.4) is 0 Å². The summed E-state index contributed by atoms with van der Waals surface area (Å²) in [6.07, 6.45) is 1.55. The fourth-order valence-corrected chi connectivity index (χ4v) is 1.77. The highest BCUT2D eigenvalue weighted by molar-refractivity contribution is 6.13. The second kappa shape index (κ2) is 4.82. The van der Waals surface area contributed by atoms with E-state index in [-0.39, 0.29) is 11.4 Å². The largest absolute Gasteiger partial charge is 0.274 e. The second-order valence-electron chi connectivity index (χ2n) is 3.89. The monoisotopic (exact) mass is 254 g/mol. The van der Waals surface area contributed by atoms with Crippen LogP contribution < -0.4 is 4.90 Å². The van der Waals surface area contributed by atoms with E-state index in [0.29, 0.717) is 11.0 Å². The summed E-state index contributed by atoms with van der Waals surface area (Å²) in [6.45, 7) is 2.49. The van der Waals surface area contributed by atoms with Gasteiger partial charge in [0.25, 0.3) is 0 Å². The Morgan fingerprint density at radius 1 is 1.32 bits per heavy atom. The molecule has 0 saturated heterocycles. The molecule has 0 fully saturated rings. The third-order valence-electron chi connectivity index (χ3n) is 2.53. The predicted molar refractivity (Wildman–Crippen MR) is 68.1 cm³/mol. The van der Waals surface area contributed by atoms with E-state index >= 15 is 0 Å². The lowest BCUT2D eigenvalue weighted by molar-refractivity contribution is -0.124. The zero-order valence-electron chi connectivity index (χ0n) is 10.4. The van der Waals surface area contributed by atoms with Crippen molar-refractivity contribution in [3.63, 3.8) is 0 Å². The number of rotatable bonds is 1. The van der Waals surface area contributed by atoms with Crippen LogP contribution in [-0.4, -0.2) is 21.8 Å². The van der Waals surface area contributed by atoms with Crippen molar-refractivity contribution >= 4 is 28.7 Å². The van der Waals surface area contributed by atoms with Gasteiger partial charge >= 0.3 is 0 Å². The van der Waals surface area contributed by atoms with E-state index in [2.05, 4.69) is 9.97 Å². The number of aromatic nitrogens is 2. The van der Waals surface area contributed by atoms with E-state index in [4.69, 9.17) is 5.26 Å². The first kappa shape index (κ1) is 12.6. The van der Waals surface area contributed by atoms with E-state index in [1.165, 1.54) is 13.8 Å². The van der Waals surface area contributed by atoms with Gasteiger partial charge in [-0.05, 0) is 18.2 Å². The molecule has 0 radical (unpaired) electrons. The number of carbonyl (C=O) groups is 2. The topological polar surface area (TPSA) is 87.0 Å². The van der Waals surface area contributed by atoms with Gasteiger partial charge in [0.05, 0.1) is 5.56 Å². The molecule has 94 valence electrons. The molecule has 0 unspecified atom stereocenters. The van der Waals surface area contributed by atoms with Crippen LogP contribution in [-0.2, 0) is 9.59 Å². The summed E-state index contributed by atoms with van der Waals surface area (Å²) in [5.74, 6) is -0.965. The predicted octanol–water partition coefficient (Wildman–Crippen LogP) is 1.40. The van der Waals surface area contributed by atoms with Crippen molar-refractivity contribution in [2.24, 2.45) is 0 Å². The van der Waals surface area contributed by atoms with Gasteiger partial charge in [-0.3, -0.25) is 9.59 Å². The molecule has 2 aromatic heterocycles. The number of nitriles is 1. The minimum atomic E-state index is -0.494. The van der Waals surface area contributed by atoms with E-state index in [0.717, 1.165) is 4.90 Å². The van der Waals surface area contributed by atoms with E-state index in [1.54, 1.807) is 24.4 Å². The molecule has 2 amide bonds. The third kappa shape index (κ3) is 2.26. The Morgan fingerprint density at radius 2 is 2.00 bits per heavy atom. The summed E-state index contributed by atoms with van der Waals surface area (Å²) in [6, 6.07) is 6.98. The Morgan fingerprint density at radius 3 is 2.58 bits per heavy atom. The van der Waals surface area contributed by atoms with E-state index in [1.807, 2.05) is 6.07 Å². The van der Waals surface area contributed by atoms with Gasteiger partial charge < -0.3 is 0 Å². The normalized spacial score (nSPS) is 9.95. The molecule has 0 aromatic carbocycles. The number of fused-ring (bicyclic) bond motifs is 1. The molecule has 6 heteroatoms. The molecule has 0 N–H and O–H groups in total. The number of amides is 2. The smallest absolute Gasteiger partial charge is 0.231 e. The van der Waals surface area contributed by atoms with Crippen LogP contribution in [0.2, 0.25) is 0 Å². The van der Waals surface area contributed by atoms with Crippen molar-refractivity contribution < 1.29 is 9.59 Å². The fraction of sp³-hybridized carbons (Fsp3) is 0.154. The van der Waals surface area contributed by atoms with Gasteiger partial charge in [-0.1, -0.05) is 0 Å². The SMILES string of the molecule is CC(=O)N(C(C)=O)c1nc2ncccc2cc1C#N. The number of carbonyl (C=O) groups excluding carboxylic acids is 2. The highest BCUT2D eigenvalue weighted by Crippen LogP contribution is 2.22. The first-order valence-corrected chi connectivity index (χ1v) is 5.51. The maximum atomic E-state index is 11.5. The minimum Gasteiger partial charge on any atom is -0.274 e. The molecule has 19 heavy (non-hydrogen) atoms. The molecule has 0 aliphatic carbocycles. The van der Waals surface area contributed by atoms with Crippen LogP contribution in [0.5, 0.6) is 0 Å². The molecule has 0 aliphatic rings. The Hall–Kier alpha value is -2.81. The van der Waals surface area contributed by atoms with Crippen molar-refractivity contribution in [1.29, 1.82) is 5.26 Å². The molecule has 6 nitrogen and oxygen atoms in total. The number of hydrogen-bond donors (Lipinski definition) is 0. The van der Waals surface area contributed by atoms with Crippen LogP contribution >= 0.6 is 0 Å². The molecule has 0 saturated carbocycles. The van der Waals surface area contributed by atoms with Crippen LogP contribution in [0.25, 0.3) is 11.0 Å². The standard InChI is InChI=1S/C13H10N4O2/c1-8(18)17(9(2)19)13-11(7-14)6-10-4-3-5-15-12(10)16-13/h3-6H,1-2H3. The molecule has 2 heterocycles. The Balaban J connectivity index is 2.74. The van der Waals surface area contributed by atoms with E-state index in [9.17, 15) is 9.59 Å². The maximum absolute atomic E-state index is 11.5. The van der Waals surface area contributed by atoms with Crippen LogP contribution in [0.1, 0.15) is 19.4 Å².